The van der Waals surface area contributed by atoms with Gasteiger partial charge in [-0.1, -0.05) is 35.9 Å². The van der Waals surface area contributed by atoms with Gasteiger partial charge in [-0.05, 0) is 48.9 Å². The predicted molar refractivity (Wildman–Crippen MR) is 123 cm³/mol. The molecule has 34 heavy (non-hydrogen) atoms. The monoisotopic (exact) mass is 491 g/mol. The third kappa shape index (κ3) is 6.99. The van der Waals surface area contributed by atoms with E-state index in [0.717, 1.165) is 0 Å². The number of benzene rings is 2. The smallest absolute Gasteiger partial charge is 0.422 e. The third-order valence-electron chi connectivity index (χ3n) is 4.74. The van der Waals surface area contributed by atoms with E-state index in [1.54, 1.807) is 55.5 Å². The summed E-state index contributed by atoms with van der Waals surface area (Å²) in [5.74, 6) is 0.710. The quantitative estimate of drug-likeness (QED) is 0.254. The van der Waals surface area contributed by atoms with Crippen molar-refractivity contribution in [2.24, 2.45) is 0 Å². The predicted octanol–water partition coefficient (Wildman–Crippen LogP) is 6.47. The molecule has 0 radical (unpaired) electrons. The molecule has 0 N–H and O–H groups in total. The first kappa shape index (κ1) is 25.1. The van der Waals surface area contributed by atoms with E-state index in [9.17, 15) is 18.0 Å². The highest BCUT2D eigenvalue weighted by Crippen LogP contribution is 2.30. The van der Waals surface area contributed by atoms with Gasteiger partial charge in [-0.2, -0.15) is 13.2 Å². The average Bonchev–Trinajstić information content (AvgIpc) is 2.80. The van der Waals surface area contributed by atoms with Crippen molar-refractivity contribution in [3.8, 4) is 17.2 Å². The van der Waals surface area contributed by atoms with E-state index in [0.29, 0.717) is 38.9 Å². The molecule has 9 heteroatoms. The van der Waals surface area contributed by atoms with Crippen LogP contribution in [0.25, 0.3) is 6.08 Å². The van der Waals surface area contributed by atoms with Crippen molar-refractivity contribution in [1.29, 1.82) is 0 Å². The minimum Gasteiger partial charge on any atom is -0.493 e. The Hall–Kier alpha value is -3.52. The Bertz CT molecular complexity index is 1200. The van der Waals surface area contributed by atoms with Gasteiger partial charge in [0.05, 0.1) is 12.8 Å². The third-order valence-corrected chi connectivity index (χ3v) is 4.97. The summed E-state index contributed by atoms with van der Waals surface area (Å²) in [5, 5.41) is 0.476. The number of ketones is 1. The molecule has 1 heterocycles. The van der Waals surface area contributed by atoms with Crippen molar-refractivity contribution in [2.45, 2.75) is 19.7 Å². The van der Waals surface area contributed by atoms with E-state index < -0.39 is 12.8 Å². The van der Waals surface area contributed by atoms with Crippen LogP contribution >= 0.6 is 11.6 Å². The van der Waals surface area contributed by atoms with Crippen LogP contribution in [-0.4, -0.2) is 30.7 Å². The molecule has 0 saturated heterocycles. The second-order valence-electron chi connectivity index (χ2n) is 7.19. The number of alkyl halides is 3. The fourth-order valence-electron chi connectivity index (χ4n) is 2.98. The largest absolute Gasteiger partial charge is 0.493 e. The number of aromatic nitrogens is 1. The lowest BCUT2D eigenvalue weighted by Gasteiger charge is -2.15. The summed E-state index contributed by atoms with van der Waals surface area (Å²) in [6.07, 6.45) is -0.00244. The molecule has 1 aromatic heterocycles. The molecule has 0 aliphatic heterocycles. The number of hydrogen-bond donors (Lipinski definition) is 0. The standard InChI is InChI=1S/C25H21ClF3NO4/c1-16-20(30-11-10-22(16)34-15-25(27,28)29)14-33-23-9-7-17(12-24(23)32-2)6-8-21(31)18-4-3-5-19(26)13-18/h3-13H,14-15H2,1-2H3/b8-6+. The Labute approximate surface area is 199 Å². The van der Waals surface area contributed by atoms with Gasteiger partial charge in [-0.25, -0.2) is 0 Å². The molecule has 0 fully saturated rings. The second kappa shape index (κ2) is 11.1. The summed E-state index contributed by atoms with van der Waals surface area (Å²) < 4.78 is 53.4. The zero-order valence-corrected chi connectivity index (χ0v) is 19.1. The molecule has 3 rings (SSSR count). The summed E-state index contributed by atoms with van der Waals surface area (Å²) in [6, 6.07) is 13.1. The van der Waals surface area contributed by atoms with E-state index in [2.05, 4.69) is 4.98 Å². The van der Waals surface area contributed by atoms with Crippen molar-refractivity contribution in [1.82, 2.24) is 4.98 Å². The lowest BCUT2D eigenvalue weighted by Crippen LogP contribution is -2.20. The molecular weight excluding hydrogens is 471 g/mol. The molecule has 0 atom stereocenters. The molecular formula is C25H21ClF3NO4. The lowest BCUT2D eigenvalue weighted by atomic mass is 10.1. The number of rotatable bonds is 9. The van der Waals surface area contributed by atoms with Crippen LogP contribution in [0.1, 0.15) is 27.2 Å². The Kier molecular flexibility index (Phi) is 8.17. The minimum absolute atomic E-state index is 0.00610. The molecule has 0 aliphatic rings. The van der Waals surface area contributed by atoms with Crippen LogP contribution in [0.15, 0.2) is 60.8 Å². The van der Waals surface area contributed by atoms with Gasteiger partial charge >= 0.3 is 6.18 Å². The van der Waals surface area contributed by atoms with Gasteiger partial charge in [0.15, 0.2) is 23.9 Å². The summed E-state index contributed by atoms with van der Waals surface area (Å²) in [7, 11) is 1.47. The first-order valence-electron chi connectivity index (χ1n) is 10.1. The molecule has 0 amide bonds. The van der Waals surface area contributed by atoms with Crippen LogP contribution < -0.4 is 14.2 Å². The fourth-order valence-corrected chi connectivity index (χ4v) is 3.17. The Morgan fingerprint density at radius 1 is 1.06 bits per heavy atom. The van der Waals surface area contributed by atoms with E-state index in [4.69, 9.17) is 25.8 Å². The number of carbonyl (C=O) groups excluding carboxylic acids is 1. The van der Waals surface area contributed by atoms with Crippen molar-refractivity contribution in [2.75, 3.05) is 13.7 Å². The number of nitrogens with zero attached hydrogens (tertiary/aromatic N) is 1. The first-order chi connectivity index (χ1) is 16.2. The second-order valence-corrected chi connectivity index (χ2v) is 7.63. The summed E-state index contributed by atoms with van der Waals surface area (Å²) in [6.45, 7) is 0.216. The molecule has 5 nitrogen and oxygen atoms in total. The van der Waals surface area contributed by atoms with Crippen LogP contribution in [0.2, 0.25) is 5.02 Å². The highest BCUT2D eigenvalue weighted by Gasteiger charge is 2.28. The number of halogens is 4. The van der Waals surface area contributed by atoms with Crippen LogP contribution in [0.5, 0.6) is 17.2 Å². The van der Waals surface area contributed by atoms with E-state index in [1.807, 2.05) is 0 Å². The molecule has 3 aromatic rings. The normalized spacial score (nSPS) is 11.5. The van der Waals surface area contributed by atoms with Gasteiger partial charge in [0.1, 0.15) is 12.4 Å². The molecule has 178 valence electrons. The minimum atomic E-state index is -4.44. The van der Waals surface area contributed by atoms with Gasteiger partial charge in [-0.15, -0.1) is 0 Å². The number of hydrogen-bond acceptors (Lipinski definition) is 5. The fraction of sp³-hybridized carbons (Fsp3) is 0.200. The Morgan fingerprint density at radius 3 is 2.56 bits per heavy atom. The van der Waals surface area contributed by atoms with E-state index >= 15 is 0 Å². The molecule has 2 aromatic carbocycles. The van der Waals surface area contributed by atoms with Crippen LogP contribution in [0.3, 0.4) is 0 Å². The van der Waals surface area contributed by atoms with E-state index in [-0.39, 0.29) is 18.1 Å². The maximum atomic E-state index is 12.5. The maximum absolute atomic E-state index is 12.5. The zero-order chi connectivity index (χ0) is 24.7. The molecule has 0 spiro atoms. The van der Waals surface area contributed by atoms with Crippen molar-refractivity contribution < 1.29 is 32.2 Å². The van der Waals surface area contributed by atoms with Gasteiger partial charge in [0.2, 0.25) is 0 Å². The van der Waals surface area contributed by atoms with E-state index in [1.165, 1.54) is 25.4 Å². The van der Waals surface area contributed by atoms with Crippen LogP contribution in [0.4, 0.5) is 13.2 Å². The lowest BCUT2D eigenvalue weighted by molar-refractivity contribution is -0.153. The topological polar surface area (TPSA) is 57.7 Å². The van der Waals surface area contributed by atoms with Gasteiger partial charge in [0.25, 0.3) is 0 Å². The summed E-state index contributed by atoms with van der Waals surface area (Å²) in [5.41, 5.74) is 2.05. The highest BCUT2D eigenvalue weighted by molar-refractivity contribution is 6.31. The number of carbonyl (C=O) groups is 1. The van der Waals surface area contributed by atoms with Gasteiger partial charge in [-0.3, -0.25) is 9.78 Å². The molecule has 0 aliphatic carbocycles. The number of methoxy groups -OCH3 is 1. The Morgan fingerprint density at radius 2 is 1.85 bits per heavy atom. The van der Waals surface area contributed by atoms with Gasteiger partial charge < -0.3 is 14.2 Å². The van der Waals surface area contributed by atoms with Gasteiger partial charge in [0, 0.05) is 22.3 Å². The van der Waals surface area contributed by atoms with Crippen molar-refractivity contribution in [3.63, 3.8) is 0 Å². The number of pyridine rings is 1. The Balaban J connectivity index is 1.69. The molecule has 0 bridgehead atoms. The van der Waals surface area contributed by atoms with Crippen molar-refractivity contribution >= 4 is 23.5 Å². The number of ether oxygens (including phenoxy) is 3. The zero-order valence-electron chi connectivity index (χ0n) is 18.4. The summed E-state index contributed by atoms with van der Waals surface area (Å²) in [4.78, 5) is 16.5. The maximum Gasteiger partial charge on any atom is 0.422 e. The molecule has 0 unspecified atom stereocenters. The van der Waals surface area contributed by atoms with Crippen LogP contribution in [0, 0.1) is 6.92 Å². The van der Waals surface area contributed by atoms with Crippen LogP contribution in [-0.2, 0) is 6.61 Å². The SMILES string of the molecule is COc1cc(/C=C/C(=O)c2cccc(Cl)c2)ccc1OCc1nccc(OCC(F)(F)F)c1C. The molecule has 0 saturated carbocycles. The average molecular weight is 492 g/mol. The first-order valence-corrected chi connectivity index (χ1v) is 10.5. The highest BCUT2D eigenvalue weighted by atomic mass is 35.5. The van der Waals surface area contributed by atoms with Crippen molar-refractivity contribution in [3.05, 3.63) is 88.2 Å². The number of allylic oxidation sites excluding steroid dienone is 1. The summed E-state index contributed by atoms with van der Waals surface area (Å²) >= 11 is 5.93.